The van der Waals surface area contributed by atoms with Crippen molar-refractivity contribution in [1.82, 2.24) is 20.5 Å². The van der Waals surface area contributed by atoms with E-state index >= 15 is 0 Å². The van der Waals surface area contributed by atoms with Gasteiger partial charge in [-0.05, 0) is 36.8 Å². The number of carbonyl (C=O) groups excluding carboxylic acids is 1. The zero-order valence-electron chi connectivity index (χ0n) is 18.1. The van der Waals surface area contributed by atoms with E-state index < -0.39 is 0 Å². The Labute approximate surface area is 192 Å². The molecule has 4 aromatic rings. The fraction of sp³-hybridized carbons (Fsp3) is 0.240. The Morgan fingerprint density at radius 1 is 1.12 bits per heavy atom. The highest BCUT2D eigenvalue weighted by Gasteiger charge is 2.21. The van der Waals surface area contributed by atoms with Crippen LogP contribution in [0.3, 0.4) is 0 Å². The maximum Gasteiger partial charge on any atom is 0.252 e. The third-order valence-electron chi connectivity index (χ3n) is 5.35. The van der Waals surface area contributed by atoms with E-state index in [1.54, 1.807) is 7.11 Å². The fourth-order valence-corrected chi connectivity index (χ4v) is 3.82. The first-order valence-electron chi connectivity index (χ1n) is 10.7. The zero-order chi connectivity index (χ0) is 22.5. The van der Waals surface area contributed by atoms with E-state index in [1.807, 2.05) is 54.6 Å². The van der Waals surface area contributed by atoms with Gasteiger partial charge >= 0.3 is 0 Å². The van der Waals surface area contributed by atoms with Crippen molar-refractivity contribution in [2.24, 2.45) is 0 Å². The summed E-state index contributed by atoms with van der Waals surface area (Å²) < 4.78 is 5.51. The SMILES string of the molecule is CCCCCNC(=O)c1cc(-c2ccccc2OC)nc2n[nH]c(-c3ccc(Cl)cc3)c12. The van der Waals surface area contributed by atoms with Crippen LogP contribution in [0, 0.1) is 0 Å². The molecule has 0 saturated carbocycles. The smallest absolute Gasteiger partial charge is 0.252 e. The molecule has 0 spiro atoms. The molecule has 0 aliphatic carbocycles. The molecule has 4 rings (SSSR count). The zero-order valence-corrected chi connectivity index (χ0v) is 18.9. The van der Waals surface area contributed by atoms with Gasteiger partial charge in [-0.1, -0.05) is 55.6 Å². The lowest BCUT2D eigenvalue weighted by Gasteiger charge is -2.11. The number of carbonyl (C=O) groups is 1. The summed E-state index contributed by atoms with van der Waals surface area (Å²) in [4.78, 5) is 18.0. The van der Waals surface area contributed by atoms with Crippen molar-refractivity contribution >= 4 is 28.5 Å². The summed E-state index contributed by atoms with van der Waals surface area (Å²) in [6, 6.07) is 16.8. The van der Waals surface area contributed by atoms with Crippen LogP contribution in [0.5, 0.6) is 5.75 Å². The molecular weight excluding hydrogens is 424 g/mol. The normalized spacial score (nSPS) is 11.0. The van der Waals surface area contributed by atoms with Gasteiger partial charge in [0.1, 0.15) is 5.75 Å². The van der Waals surface area contributed by atoms with Gasteiger partial charge in [0.2, 0.25) is 0 Å². The quantitative estimate of drug-likeness (QED) is 0.330. The number of hydrogen-bond donors (Lipinski definition) is 2. The van der Waals surface area contributed by atoms with Gasteiger partial charge in [-0.3, -0.25) is 9.89 Å². The number of benzene rings is 2. The molecule has 2 heterocycles. The number of nitrogens with zero attached hydrogens (tertiary/aromatic N) is 2. The fourth-order valence-electron chi connectivity index (χ4n) is 3.69. The molecule has 0 atom stereocenters. The van der Waals surface area contributed by atoms with Gasteiger partial charge in [-0.25, -0.2) is 4.98 Å². The van der Waals surface area contributed by atoms with Crippen LogP contribution in [0.2, 0.25) is 5.02 Å². The molecule has 32 heavy (non-hydrogen) atoms. The Morgan fingerprint density at radius 2 is 1.91 bits per heavy atom. The lowest BCUT2D eigenvalue weighted by atomic mass is 10.0. The number of unbranched alkanes of at least 4 members (excludes halogenated alkanes) is 2. The summed E-state index contributed by atoms with van der Waals surface area (Å²) in [5.74, 6) is 0.531. The number of ether oxygens (including phenoxy) is 1. The number of aromatic amines is 1. The number of amides is 1. The van der Waals surface area contributed by atoms with Crippen molar-refractivity contribution < 1.29 is 9.53 Å². The average Bonchev–Trinajstić information content (AvgIpc) is 3.25. The minimum atomic E-state index is -0.152. The van der Waals surface area contributed by atoms with Crippen LogP contribution in [0.25, 0.3) is 33.5 Å². The third-order valence-corrected chi connectivity index (χ3v) is 5.60. The molecule has 0 radical (unpaired) electrons. The largest absolute Gasteiger partial charge is 0.496 e. The summed E-state index contributed by atoms with van der Waals surface area (Å²) in [5.41, 5.74) is 4.03. The molecule has 2 N–H and O–H groups in total. The first kappa shape index (κ1) is 21.8. The second kappa shape index (κ2) is 9.83. The summed E-state index contributed by atoms with van der Waals surface area (Å²) in [6.45, 7) is 2.76. The Bertz CT molecular complexity index is 1230. The number of fused-ring (bicyclic) bond motifs is 1. The molecule has 7 heteroatoms. The van der Waals surface area contributed by atoms with Crippen LogP contribution >= 0.6 is 11.6 Å². The maximum absolute atomic E-state index is 13.3. The van der Waals surface area contributed by atoms with E-state index in [2.05, 4.69) is 22.4 Å². The topological polar surface area (TPSA) is 79.9 Å². The van der Waals surface area contributed by atoms with Gasteiger partial charge in [0.05, 0.1) is 29.4 Å². The highest BCUT2D eigenvalue weighted by Crippen LogP contribution is 2.34. The number of rotatable bonds is 8. The molecule has 0 aliphatic heterocycles. The van der Waals surface area contributed by atoms with E-state index in [0.717, 1.165) is 36.1 Å². The van der Waals surface area contributed by atoms with Crippen molar-refractivity contribution in [1.29, 1.82) is 0 Å². The summed E-state index contributed by atoms with van der Waals surface area (Å²) in [7, 11) is 1.62. The first-order chi connectivity index (χ1) is 15.6. The number of halogens is 1. The van der Waals surface area contributed by atoms with E-state index in [9.17, 15) is 4.79 Å². The molecule has 1 amide bonds. The minimum absolute atomic E-state index is 0.152. The Hall–Kier alpha value is -3.38. The van der Waals surface area contributed by atoms with Crippen molar-refractivity contribution in [3.05, 3.63) is 65.2 Å². The van der Waals surface area contributed by atoms with E-state index in [0.29, 0.717) is 39.6 Å². The number of methoxy groups -OCH3 is 1. The predicted octanol–water partition coefficient (Wildman–Crippen LogP) is 5.87. The third kappa shape index (κ3) is 4.46. The summed E-state index contributed by atoms with van der Waals surface area (Å²) in [6.07, 6.45) is 3.10. The highest BCUT2D eigenvalue weighted by molar-refractivity contribution is 6.30. The van der Waals surface area contributed by atoms with Gasteiger partial charge in [-0.15, -0.1) is 0 Å². The standard InChI is InChI=1S/C25H25ClN4O2/c1-3-4-7-14-27-25(31)19-15-20(18-8-5-6-9-21(18)32-2)28-24-22(19)23(29-30-24)16-10-12-17(26)13-11-16/h5-6,8-13,15H,3-4,7,14H2,1-2H3,(H,27,31)(H,28,29,30). The number of nitrogens with one attached hydrogen (secondary N) is 2. The molecule has 0 fully saturated rings. The van der Waals surface area contributed by atoms with Crippen molar-refractivity contribution in [2.45, 2.75) is 26.2 Å². The predicted molar refractivity (Wildman–Crippen MR) is 128 cm³/mol. The lowest BCUT2D eigenvalue weighted by Crippen LogP contribution is -2.24. The number of H-pyrrole nitrogens is 1. The van der Waals surface area contributed by atoms with E-state index in [1.165, 1.54) is 0 Å². The second-order valence-corrected chi connectivity index (χ2v) is 7.96. The maximum atomic E-state index is 13.3. The first-order valence-corrected chi connectivity index (χ1v) is 11.1. The van der Waals surface area contributed by atoms with Crippen LogP contribution in [-0.2, 0) is 0 Å². The molecule has 164 valence electrons. The molecule has 2 aromatic heterocycles. The van der Waals surface area contributed by atoms with Gasteiger partial charge in [-0.2, -0.15) is 5.10 Å². The second-order valence-electron chi connectivity index (χ2n) is 7.52. The van der Waals surface area contributed by atoms with Crippen molar-refractivity contribution in [3.8, 4) is 28.3 Å². The van der Waals surface area contributed by atoms with Crippen LogP contribution in [0.1, 0.15) is 36.5 Å². The molecule has 0 unspecified atom stereocenters. The number of pyridine rings is 1. The lowest BCUT2D eigenvalue weighted by molar-refractivity contribution is 0.0954. The number of para-hydroxylation sites is 1. The van der Waals surface area contributed by atoms with E-state index in [-0.39, 0.29) is 5.91 Å². The van der Waals surface area contributed by atoms with Gasteiger partial charge in [0.15, 0.2) is 5.65 Å². The molecule has 0 aliphatic rings. The highest BCUT2D eigenvalue weighted by atomic mass is 35.5. The van der Waals surface area contributed by atoms with Crippen LogP contribution in [0.4, 0.5) is 0 Å². The van der Waals surface area contributed by atoms with Crippen LogP contribution < -0.4 is 10.1 Å². The van der Waals surface area contributed by atoms with E-state index in [4.69, 9.17) is 21.3 Å². The van der Waals surface area contributed by atoms with Gasteiger partial charge in [0.25, 0.3) is 5.91 Å². The monoisotopic (exact) mass is 448 g/mol. The summed E-state index contributed by atoms with van der Waals surface area (Å²) in [5, 5.41) is 11.9. The number of hydrogen-bond acceptors (Lipinski definition) is 4. The number of aromatic nitrogens is 3. The van der Waals surface area contributed by atoms with Crippen molar-refractivity contribution in [2.75, 3.05) is 13.7 Å². The Morgan fingerprint density at radius 3 is 2.66 bits per heavy atom. The molecule has 2 aromatic carbocycles. The van der Waals surface area contributed by atoms with Crippen LogP contribution in [-0.4, -0.2) is 34.7 Å². The summed E-state index contributed by atoms with van der Waals surface area (Å²) >= 11 is 6.06. The average molecular weight is 449 g/mol. The Balaban J connectivity index is 1.85. The van der Waals surface area contributed by atoms with Crippen molar-refractivity contribution in [3.63, 3.8) is 0 Å². The van der Waals surface area contributed by atoms with Gasteiger partial charge in [0, 0.05) is 22.7 Å². The molecule has 0 bridgehead atoms. The molecule has 0 saturated heterocycles. The minimum Gasteiger partial charge on any atom is -0.496 e. The molecule has 6 nitrogen and oxygen atoms in total. The molecular formula is C25H25ClN4O2. The van der Waals surface area contributed by atoms with Gasteiger partial charge < -0.3 is 10.1 Å². The Kier molecular flexibility index (Phi) is 6.71. The van der Waals surface area contributed by atoms with Crippen LogP contribution in [0.15, 0.2) is 54.6 Å².